The standard InChI is InChI=1S/C42H46ClN2O2/c1-41(2)33-18-11-13-20-35(33)44(5)37(41)27-25-30-23-24-31(40(30)43)26-28-38-42(3,4)34-19-12-14-21-36(34)45(38)29-15-7-10-22-39(46)47-32-16-8-6-9-17-32/h6,8-9,11-14,16-21,25-27,31H,7,10,15,22-24,29H2,1-5H3/q+1/b27-25+. The molecule has 2 heterocycles. The first-order chi connectivity index (χ1) is 22.6. The second-order valence-corrected chi connectivity index (χ2v) is 14.4. The summed E-state index contributed by atoms with van der Waals surface area (Å²) in [6, 6.07) is 26.6. The van der Waals surface area contributed by atoms with E-state index in [4.69, 9.17) is 16.3 Å². The van der Waals surface area contributed by atoms with Gasteiger partial charge in [-0.15, -0.1) is 5.73 Å². The van der Waals surface area contributed by atoms with Gasteiger partial charge < -0.3 is 9.64 Å². The Morgan fingerprint density at radius 2 is 1.62 bits per heavy atom. The van der Waals surface area contributed by atoms with Crippen LogP contribution in [-0.4, -0.2) is 29.8 Å². The van der Waals surface area contributed by atoms with Crippen molar-refractivity contribution in [3.05, 3.63) is 130 Å². The van der Waals surface area contributed by atoms with Gasteiger partial charge in [-0.05, 0) is 88.8 Å². The van der Waals surface area contributed by atoms with Crippen molar-refractivity contribution >= 4 is 34.7 Å². The number of anilines is 1. The molecule has 1 aliphatic carbocycles. The Bertz CT molecular complexity index is 1820. The topological polar surface area (TPSA) is 32.5 Å². The Morgan fingerprint density at radius 1 is 0.915 bits per heavy atom. The van der Waals surface area contributed by atoms with Crippen LogP contribution in [-0.2, 0) is 15.6 Å². The molecule has 0 amide bonds. The number of carbonyl (C=O) groups is 1. The first-order valence-electron chi connectivity index (χ1n) is 17.0. The number of hydrogen-bond acceptors (Lipinski definition) is 3. The van der Waals surface area contributed by atoms with Crippen LogP contribution in [0.5, 0.6) is 5.75 Å². The maximum Gasteiger partial charge on any atom is 0.311 e. The quantitative estimate of drug-likeness (QED) is 0.0723. The third-order valence-corrected chi connectivity index (χ3v) is 10.7. The summed E-state index contributed by atoms with van der Waals surface area (Å²) in [6.45, 7) is 10.0. The number of hydrogen-bond donors (Lipinski definition) is 0. The number of rotatable bonds is 10. The van der Waals surface area contributed by atoms with E-state index in [-0.39, 0.29) is 22.7 Å². The summed E-state index contributed by atoms with van der Waals surface area (Å²) >= 11 is 7.08. The van der Waals surface area contributed by atoms with E-state index in [1.54, 1.807) is 0 Å². The molecule has 2 aliphatic heterocycles. The highest BCUT2D eigenvalue weighted by atomic mass is 35.5. The van der Waals surface area contributed by atoms with E-state index in [0.717, 1.165) is 43.7 Å². The van der Waals surface area contributed by atoms with Crippen molar-refractivity contribution < 1.29 is 14.1 Å². The van der Waals surface area contributed by atoms with Crippen molar-refractivity contribution in [1.82, 2.24) is 0 Å². The Morgan fingerprint density at radius 3 is 2.38 bits per heavy atom. The summed E-state index contributed by atoms with van der Waals surface area (Å²) in [5.74, 6) is 0.577. The van der Waals surface area contributed by atoms with Crippen molar-refractivity contribution in [2.45, 2.75) is 77.0 Å². The molecule has 242 valence electrons. The number of benzene rings is 3. The predicted molar refractivity (Wildman–Crippen MR) is 194 cm³/mol. The molecule has 0 saturated heterocycles. The van der Waals surface area contributed by atoms with Crippen LogP contribution in [0.1, 0.15) is 77.3 Å². The average Bonchev–Trinajstić information content (AvgIpc) is 3.59. The van der Waals surface area contributed by atoms with Crippen molar-refractivity contribution in [3.63, 3.8) is 0 Å². The second-order valence-electron chi connectivity index (χ2n) is 14.0. The SMILES string of the molecule is C[N+]1=C(/C=C/C2=C(Cl)C(C=C=C3N(CCCCCC(=O)Oc4ccccc4)c4ccccc4C3(C)C)CC2)C(C)(C)c2ccccc21. The molecule has 0 radical (unpaired) electrons. The fourth-order valence-electron chi connectivity index (χ4n) is 7.48. The number of fused-ring (bicyclic) bond motifs is 2. The normalized spacial score (nSPS) is 19.3. The Kier molecular flexibility index (Phi) is 9.46. The van der Waals surface area contributed by atoms with Gasteiger partial charge in [0.25, 0.3) is 0 Å². The number of carbonyl (C=O) groups excluding carboxylic acids is 1. The first-order valence-corrected chi connectivity index (χ1v) is 17.3. The Hall–Kier alpha value is -4.11. The van der Waals surface area contributed by atoms with E-state index in [9.17, 15) is 4.79 Å². The van der Waals surface area contributed by atoms with Gasteiger partial charge in [0, 0.05) is 52.7 Å². The lowest BCUT2D eigenvalue weighted by molar-refractivity contribution is -0.401. The Balaban J connectivity index is 1.15. The van der Waals surface area contributed by atoms with Crippen molar-refractivity contribution in [2.24, 2.45) is 5.92 Å². The first kappa shape index (κ1) is 32.8. The maximum absolute atomic E-state index is 12.3. The average molecular weight is 646 g/mol. The molecule has 5 heteroatoms. The van der Waals surface area contributed by atoms with Crippen LogP contribution in [0.15, 0.2) is 119 Å². The molecule has 4 nitrogen and oxygen atoms in total. The third kappa shape index (κ3) is 6.55. The van der Waals surface area contributed by atoms with E-state index in [1.165, 1.54) is 39.5 Å². The summed E-state index contributed by atoms with van der Waals surface area (Å²) in [4.78, 5) is 14.7. The third-order valence-electron chi connectivity index (χ3n) is 10.1. The van der Waals surface area contributed by atoms with Gasteiger partial charge in [-0.1, -0.05) is 78.7 Å². The molecule has 1 unspecified atom stereocenters. The van der Waals surface area contributed by atoms with Crippen LogP contribution in [0, 0.1) is 5.92 Å². The van der Waals surface area contributed by atoms with Gasteiger partial charge in [-0.2, -0.15) is 4.58 Å². The highest BCUT2D eigenvalue weighted by Crippen LogP contribution is 2.48. The minimum absolute atomic E-state index is 0.0603. The van der Waals surface area contributed by atoms with Crippen LogP contribution in [0.4, 0.5) is 11.4 Å². The van der Waals surface area contributed by atoms with E-state index in [1.807, 2.05) is 30.3 Å². The molecule has 6 rings (SSSR count). The van der Waals surface area contributed by atoms with E-state index in [2.05, 4.69) is 117 Å². The lowest BCUT2D eigenvalue weighted by Crippen LogP contribution is -2.26. The molecule has 3 aromatic rings. The number of ether oxygens (including phenoxy) is 1. The number of allylic oxidation sites excluding steroid dienone is 5. The fourth-order valence-corrected chi connectivity index (χ4v) is 7.81. The summed E-state index contributed by atoms with van der Waals surface area (Å²) in [6.07, 6.45) is 11.8. The molecule has 0 aromatic heterocycles. The molecule has 3 aromatic carbocycles. The van der Waals surface area contributed by atoms with Gasteiger partial charge in [0.1, 0.15) is 12.8 Å². The largest absolute Gasteiger partial charge is 0.427 e. The number of para-hydroxylation sites is 3. The van der Waals surface area contributed by atoms with Gasteiger partial charge in [0.15, 0.2) is 5.71 Å². The molecule has 47 heavy (non-hydrogen) atoms. The van der Waals surface area contributed by atoms with E-state index in [0.29, 0.717) is 12.2 Å². The molecule has 0 saturated carbocycles. The van der Waals surface area contributed by atoms with Gasteiger partial charge in [-0.3, -0.25) is 4.79 Å². The fraction of sp³-hybridized carbons (Fsp3) is 0.357. The van der Waals surface area contributed by atoms with Crippen molar-refractivity contribution in [1.29, 1.82) is 0 Å². The lowest BCUT2D eigenvalue weighted by Gasteiger charge is -2.25. The van der Waals surface area contributed by atoms with Crippen LogP contribution >= 0.6 is 11.6 Å². The van der Waals surface area contributed by atoms with Crippen LogP contribution in [0.25, 0.3) is 0 Å². The summed E-state index contributed by atoms with van der Waals surface area (Å²) < 4.78 is 7.77. The van der Waals surface area contributed by atoms with Gasteiger partial charge in [0.2, 0.25) is 5.69 Å². The smallest absolute Gasteiger partial charge is 0.311 e. The molecular weight excluding hydrogens is 600 g/mol. The second kappa shape index (κ2) is 13.6. The number of nitrogens with zero attached hydrogens (tertiary/aromatic N) is 2. The van der Waals surface area contributed by atoms with E-state index < -0.39 is 0 Å². The zero-order valence-corrected chi connectivity index (χ0v) is 29.1. The zero-order valence-electron chi connectivity index (χ0n) is 28.4. The Labute approximate surface area is 285 Å². The lowest BCUT2D eigenvalue weighted by atomic mass is 9.81. The minimum atomic E-state index is -0.175. The van der Waals surface area contributed by atoms with Crippen LogP contribution < -0.4 is 9.64 Å². The maximum atomic E-state index is 12.3. The highest BCUT2D eigenvalue weighted by molar-refractivity contribution is 6.30. The highest BCUT2D eigenvalue weighted by Gasteiger charge is 2.43. The summed E-state index contributed by atoms with van der Waals surface area (Å²) in [5, 5.41) is 0.924. The number of esters is 1. The van der Waals surface area contributed by atoms with Gasteiger partial charge in [0.05, 0.1) is 11.1 Å². The van der Waals surface area contributed by atoms with Crippen LogP contribution in [0.3, 0.4) is 0 Å². The van der Waals surface area contributed by atoms with Crippen LogP contribution in [0.2, 0.25) is 0 Å². The molecular formula is C42H46ClN2O2+. The minimum Gasteiger partial charge on any atom is -0.427 e. The summed E-state index contributed by atoms with van der Waals surface area (Å²) in [5.41, 5.74) is 12.4. The van der Waals surface area contributed by atoms with Gasteiger partial charge in [-0.25, -0.2) is 0 Å². The summed E-state index contributed by atoms with van der Waals surface area (Å²) in [7, 11) is 2.16. The molecule has 0 spiro atoms. The monoisotopic (exact) mass is 645 g/mol. The molecule has 1 atom stereocenters. The van der Waals surface area contributed by atoms with Crippen molar-refractivity contribution in [2.75, 3.05) is 18.5 Å². The van der Waals surface area contributed by atoms with Crippen molar-refractivity contribution in [3.8, 4) is 5.75 Å². The van der Waals surface area contributed by atoms with Gasteiger partial charge >= 0.3 is 5.97 Å². The molecule has 3 aliphatic rings. The molecule has 0 N–H and O–H groups in total. The predicted octanol–water partition coefficient (Wildman–Crippen LogP) is 10.2. The number of halogens is 1. The van der Waals surface area contributed by atoms with E-state index >= 15 is 0 Å². The zero-order chi connectivity index (χ0) is 33.2. The molecule has 0 fully saturated rings. The number of unbranched alkanes of at least 4 members (excludes halogenated alkanes) is 2. The molecule has 0 bridgehead atoms.